The number of fused-ring (bicyclic) bond motifs is 1. The standard InChI is InChI=1S/C17H14N2O6S/c18-26(23,24)11-5-6-14-12(7-11)16(13(8-19-14)17(21)22)25-9-10-3-1-2-4-15(10)20/h1-8,20H,9H2,(H,21,22)(H2,18,23,24). The summed E-state index contributed by atoms with van der Waals surface area (Å²) in [6.07, 6.45) is 1.13. The highest BCUT2D eigenvalue weighted by Gasteiger charge is 2.19. The van der Waals surface area contributed by atoms with E-state index in [0.717, 1.165) is 6.20 Å². The van der Waals surface area contributed by atoms with Gasteiger partial charge in [0.2, 0.25) is 10.0 Å². The van der Waals surface area contributed by atoms with Crippen molar-refractivity contribution in [3.8, 4) is 11.5 Å². The molecular formula is C17H14N2O6S. The van der Waals surface area contributed by atoms with Gasteiger partial charge in [0.25, 0.3) is 0 Å². The molecule has 4 N–H and O–H groups in total. The third-order valence-corrected chi connectivity index (χ3v) is 4.62. The van der Waals surface area contributed by atoms with Crippen molar-refractivity contribution in [3.63, 3.8) is 0 Å². The van der Waals surface area contributed by atoms with Gasteiger partial charge in [0.1, 0.15) is 23.7 Å². The Morgan fingerprint density at radius 1 is 1.19 bits per heavy atom. The molecule has 0 atom stereocenters. The highest BCUT2D eigenvalue weighted by Crippen LogP contribution is 2.31. The fourth-order valence-electron chi connectivity index (χ4n) is 2.42. The molecule has 0 aliphatic carbocycles. The highest BCUT2D eigenvalue weighted by atomic mass is 32.2. The van der Waals surface area contributed by atoms with Gasteiger partial charge in [0, 0.05) is 17.1 Å². The van der Waals surface area contributed by atoms with Crippen molar-refractivity contribution in [1.82, 2.24) is 4.98 Å². The molecule has 0 bridgehead atoms. The van der Waals surface area contributed by atoms with Gasteiger partial charge in [-0.25, -0.2) is 18.4 Å². The van der Waals surface area contributed by atoms with Gasteiger partial charge in [-0.3, -0.25) is 4.98 Å². The van der Waals surface area contributed by atoms with Crippen molar-refractivity contribution in [3.05, 3.63) is 59.8 Å². The second-order valence-corrected chi connectivity index (χ2v) is 7.01. The first-order valence-corrected chi connectivity index (χ1v) is 8.90. The first-order valence-electron chi connectivity index (χ1n) is 7.36. The number of nitrogens with zero attached hydrogens (tertiary/aromatic N) is 1. The second-order valence-electron chi connectivity index (χ2n) is 5.45. The van der Waals surface area contributed by atoms with E-state index < -0.39 is 16.0 Å². The summed E-state index contributed by atoms with van der Waals surface area (Å²) in [7, 11) is -3.99. The molecule has 8 nitrogen and oxygen atoms in total. The number of sulfonamides is 1. The molecule has 3 aromatic rings. The fraction of sp³-hybridized carbons (Fsp3) is 0.0588. The van der Waals surface area contributed by atoms with Crippen LogP contribution in [-0.2, 0) is 16.6 Å². The zero-order chi connectivity index (χ0) is 18.9. The van der Waals surface area contributed by atoms with Crippen molar-refractivity contribution in [2.24, 2.45) is 5.14 Å². The minimum Gasteiger partial charge on any atom is -0.508 e. The largest absolute Gasteiger partial charge is 0.508 e. The Labute approximate surface area is 148 Å². The highest BCUT2D eigenvalue weighted by molar-refractivity contribution is 7.89. The van der Waals surface area contributed by atoms with E-state index in [-0.39, 0.29) is 34.0 Å². The number of rotatable bonds is 5. The van der Waals surface area contributed by atoms with Crippen LogP contribution in [0, 0.1) is 0 Å². The van der Waals surface area contributed by atoms with Gasteiger partial charge < -0.3 is 14.9 Å². The number of pyridine rings is 1. The molecule has 1 aromatic heterocycles. The summed E-state index contributed by atoms with van der Waals surface area (Å²) in [4.78, 5) is 15.3. The van der Waals surface area contributed by atoms with Crippen LogP contribution in [0.3, 0.4) is 0 Å². The molecule has 9 heteroatoms. The summed E-state index contributed by atoms with van der Waals surface area (Å²) >= 11 is 0. The molecule has 3 rings (SSSR count). The zero-order valence-electron chi connectivity index (χ0n) is 13.3. The monoisotopic (exact) mass is 374 g/mol. The van der Waals surface area contributed by atoms with Crippen LogP contribution >= 0.6 is 0 Å². The van der Waals surface area contributed by atoms with Gasteiger partial charge in [-0.2, -0.15) is 0 Å². The molecule has 26 heavy (non-hydrogen) atoms. The molecule has 0 amide bonds. The van der Waals surface area contributed by atoms with Gasteiger partial charge >= 0.3 is 5.97 Å². The number of aromatic nitrogens is 1. The third kappa shape index (κ3) is 3.44. The number of aromatic hydroxyl groups is 1. The van der Waals surface area contributed by atoms with Crippen LogP contribution in [0.1, 0.15) is 15.9 Å². The molecule has 2 aromatic carbocycles. The molecule has 0 radical (unpaired) electrons. The van der Waals surface area contributed by atoms with E-state index >= 15 is 0 Å². The van der Waals surface area contributed by atoms with Crippen molar-refractivity contribution in [2.45, 2.75) is 11.5 Å². The number of nitrogens with two attached hydrogens (primary N) is 1. The molecular weight excluding hydrogens is 360 g/mol. The maximum atomic E-state index is 11.6. The van der Waals surface area contributed by atoms with Gasteiger partial charge in [-0.1, -0.05) is 18.2 Å². The van der Waals surface area contributed by atoms with Crippen LogP contribution in [0.15, 0.2) is 53.6 Å². The van der Waals surface area contributed by atoms with Crippen LogP contribution in [0.5, 0.6) is 11.5 Å². The number of ether oxygens (including phenoxy) is 1. The molecule has 0 saturated heterocycles. The van der Waals surface area contributed by atoms with Gasteiger partial charge in [-0.15, -0.1) is 0 Å². The van der Waals surface area contributed by atoms with Gasteiger partial charge in [0.05, 0.1) is 10.4 Å². The fourth-order valence-corrected chi connectivity index (χ4v) is 2.95. The number of carbonyl (C=O) groups is 1. The average Bonchev–Trinajstić information content (AvgIpc) is 2.59. The molecule has 1 heterocycles. The Bertz CT molecular complexity index is 1110. The van der Waals surface area contributed by atoms with E-state index in [0.29, 0.717) is 11.1 Å². The van der Waals surface area contributed by atoms with Crippen molar-refractivity contribution in [2.75, 3.05) is 0 Å². The lowest BCUT2D eigenvalue weighted by Crippen LogP contribution is -2.12. The van der Waals surface area contributed by atoms with Crippen LogP contribution < -0.4 is 9.88 Å². The molecule has 0 spiro atoms. The Morgan fingerprint density at radius 2 is 1.92 bits per heavy atom. The van der Waals surface area contributed by atoms with Crippen molar-refractivity contribution in [1.29, 1.82) is 0 Å². The predicted octanol–water partition coefficient (Wildman–Crippen LogP) is 1.86. The van der Waals surface area contributed by atoms with E-state index in [1.54, 1.807) is 18.2 Å². The van der Waals surface area contributed by atoms with Crippen LogP contribution in [0.4, 0.5) is 0 Å². The minimum absolute atomic E-state index is 0.00652. The molecule has 0 aliphatic heterocycles. The number of phenols is 1. The van der Waals surface area contributed by atoms with E-state index in [4.69, 9.17) is 9.88 Å². The number of hydrogen-bond donors (Lipinski definition) is 3. The summed E-state index contributed by atoms with van der Waals surface area (Å²) in [5.74, 6) is -1.35. The van der Waals surface area contributed by atoms with E-state index in [2.05, 4.69) is 4.98 Å². The van der Waals surface area contributed by atoms with Crippen LogP contribution in [0.25, 0.3) is 10.9 Å². The summed E-state index contributed by atoms with van der Waals surface area (Å²) in [6, 6.07) is 10.3. The summed E-state index contributed by atoms with van der Waals surface area (Å²) in [5.41, 5.74) is 0.547. The number of benzene rings is 2. The topological polar surface area (TPSA) is 140 Å². The van der Waals surface area contributed by atoms with Crippen LogP contribution in [-0.4, -0.2) is 29.6 Å². The average molecular weight is 374 g/mol. The van der Waals surface area contributed by atoms with E-state index in [9.17, 15) is 23.4 Å². The summed E-state index contributed by atoms with van der Waals surface area (Å²) < 4.78 is 28.8. The van der Waals surface area contributed by atoms with Crippen molar-refractivity contribution < 1.29 is 28.2 Å². The van der Waals surface area contributed by atoms with Gasteiger partial charge in [-0.05, 0) is 24.3 Å². The minimum atomic E-state index is -3.99. The Hall–Kier alpha value is -3.17. The maximum absolute atomic E-state index is 11.6. The number of primary sulfonamides is 1. The number of aromatic carboxylic acids is 1. The molecule has 0 unspecified atom stereocenters. The molecule has 0 fully saturated rings. The van der Waals surface area contributed by atoms with Crippen molar-refractivity contribution >= 4 is 26.9 Å². The quantitative estimate of drug-likeness (QED) is 0.619. The van der Waals surface area contributed by atoms with E-state index in [1.165, 1.54) is 24.3 Å². The maximum Gasteiger partial charge on any atom is 0.341 e. The smallest absolute Gasteiger partial charge is 0.341 e. The van der Waals surface area contributed by atoms with Gasteiger partial charge in [0.15, 0.2) is 0 Å². The number of hydrogen-bond acceptors (Lipinski definition) is 6. The molecule has 134 valence electrons. The number of carboxylic acid groups (broad SMARTS) is 1. The zero-order valence-corrected chi connectivity index (χ0v) is 14.1. The van der Waals surface area contributed by atoms with Crippen LogP contribution in [0.2, 0.25) is 0 Å². The number of phenolic OH excluding ortho intramolecular Hbond substituents is 1. The Balaban J connectivity index is 2.14. The first-order chi connectivity index (χ1) is 12.3. The number of carboxylic acids is 1. The normalized spacial score (nSPS) is 11.4. The van der Waals surface area contributed by atoms with E-state index in [1.807, 2.05) is 0 Å². The summed E-state index contributed by atoms with van der Waals surface area (Å²) in [6.45, 7) is -0.119. The second kappa shape index (κ2) is 6.62. The predicted molar refractivity (Wildman–Crippen MR) is 92.5 cm³/mol. The number of para-hydroxylation sites is 1. The summed E-state index contributed by atoms with van der Waals surface area (Å²) in [5, 5.41) is 24.5. The lowest BCUT2D eigenvalue weighted by atomic mass is 10.1. The Morgan fingerprint density at radius 3 is 2.58 bits per heavy atom. The molecule has 0 aliphatic rings. The lowest BCUT2D eigenvalue weighted by Gasteiger charge is -2.13. The third-order valence-electron chi connectivity index (χ3n) is 3.71. The SMILES string of the molecule is NS(=O)(=O)c1ccc2ncc(C(=O)O)c(OCc3ccccc3O)c2c1. The first kappa shape index (κ1) is 17.6. The Kier molecular flexibility index (Phi) is 4.49. The lowest BCUT2D eigenvalue weighted by molar-refractivity contribution is 0.0691. The molecule has 0 saturated carbocycles.